The maximum Gasteiger partial charge on any atom is 0.268 e. The molecular formula is C18H26N2O2. The molecule has 0 bridgehead atoms. The first kappa shape index (κ1) is 16.4. The number of hydrogen-bond donors (Lipinski definition) is 1. The van der Waals surface area contributed by atoms with Crippen LogP contribution in [-0.2, 0) is 6.54 Å². The summed E-state index contributed by atoms with van der Waals surface area (Å²) >= 11 is 0. The molecule has 1 N–H and O–H groups in total. The number of carbonyl (C=O) groups is 1. The number of hydrogen-bond acceptors (Lipinski definition) is 2. The number of benzene rings is 1. The third-order valence-corrected chi connectivity index (χ3v) is 3.62. The molecule has 120 valence electrons. The van der Waals surface area contributed by atoms with Crippen LogP contribution in [0.5, 0.6) is 5.75 Å². The number of fused-ring (bicyclic) bond motifs is 1. The highest BCUT2D eigenvalue weighted by atomic mass is 16.5. The lowest BCUT2D eigenvalue weighted by Crippen LogP contribution is -2.41. The zero-order valence-electron chi connectivity index (χ0n) is 14.4. The van der Waals surface area contributed by atoms with Gasteiger partial charge in [-0.1, -0.05) is 0 Å². The second kappa shape index (κ2) is 6.03. The van der Waals surface area contributed by atoms with Gasteiger partial charge in [-0.25, -0.2) is 0 Å². The second-order valence-electron chi connectivity index (χ2n) is 6.53. The van der Waals surface area contributed by atoms with Crippen molar-refractivity contribution < 1.29 is 9.53 Å². The number of nitrogens with one attached hydrogen (secondary N) is 1. The molecule has 0 aliphatic carbocycles. The number of amides is 1. The van der Waals surface area contributed by atoms with Crippen molar-refractivity contribution in [3.63, 3.8) is 0 Å². The zero-order valence-corrected chi connectivity index (χ0v) is 14.4. The number of aryl methyl sites for hydroxylation is 2. The number of rotatable bonds is 4. The molecule has 0 saturated carbocycles. The largest absolute Gasteiger partial charge is 0.494 e. The zero-order chi connectivity index (χ0) is 16.5. The molecule has 0 saturated heterocycles. The summed E-state index contributed by atoms with van der Waals surface area (Å²) in [6.45, 7) is 13.4. The van der Waals surface area contributed by atoms with E-state index in [-0.39, 0.29) is 11.4 Å². The van der Waals surface area contributed by atoms with E-state index in [2.05, 4.69) is 16.8 Å². The lowest BCUT2D eigenvalue weighted by Gasteiger charge is -2.21. The predicted molar refractivity (Wildman–Crippen MR) is 90.7 cm³/mol. The molecule has 0 aliphatic rings. The van der Waals surface area contributed by atoms with E-state index in [1.807, 2.05) is 52.8 Å². The van der Waals surface area contributed by atoms with Gasteiger partial charge in [0, 0.05) is 23.0 Å². The van der Waals surface area contributed by atoms with Crippen molar-refractivity contribution in [2.75, 3.05) is 6.61 Å². The van der Waals surface area contributed by atoms with E-state index in [0.717, 1.165) is 34.5 Å². The molecule has 1 amide bonds. The molecule has 1 aromatic carbocycles. The first-order valence-electron chi connectivity index (χ1n) is 7.86. The third-order valence-electron chi connectivity index (χ3n) is 3.62. The van der Waals surface area contributed by atoms with Gasteiger partial charge < -0.3 is 14.6 Å². The predicted octanol–water partition coefficient (Wildman–Crippen LogP) is 3.90. The fourth-order valence-corrected chi connectivity index (χ4v) is 2.78. The highest BCUT2D eigenvalue weighted by Gasteiger charge is 2.23. The number of carbonyl (C=O) groups excluding carboxylic acids is 1. The first-order valence-corrected chi connectivity index (χ1v) is 7.86. The lowest BCUT2D eigenvalue weighted by molar-refractivity contribution is 0.0910. The average molecular weight is 302 g/mol. The Kier molecular flexibility index (Phi) is 4.50. The standard InChI is InChI=1S/C18H26N2O2/c1-7-20-15-10-9-13(22-8-2)11-14(15)12(3)16(20)17(21)19-18(4,5)6/h9-11H,7-8H2,1-6H3,(H,19,21). The van der Waals surface area contributed by atoms with E-state index < -0.39 is 0 Å². The van der Waals surface area contributed by atoms with E-state index in [0.29, 0.717) is 6.61 Å². The maximum absolute atomic E-state index is 12.7. The fraction of sp³-hybridized carbons (Fsp3) is 0.500. The van der Waals surface area contributed by atoms with Gasteiger partial charge in [-0.15, -0.1) is 0 Å². The van der Waals surface area contributed by atoms with Crippen LogP contribution >= 0.6 is 0 Å². The molecule has 0 spiro atoms. The van der Waals surface area contributed by atoms with E-state index in [9.17, 15) is 4.79 Å². The Labute approximate surface area is 132 Å². The molecule has 22 heavy (non-hydrogen) atoms. The van der Waals surface area contributed by atoms with Gasteiger partial charge in [-0.05, 0) is 65.3 Å². The van der Waals surface area contributed by atoms with Crippen molar-refractivity contribution in [2.24, 2.45) is 0 Å². The number of aromatic nitrogens is 1. The van der Waals surface area contributed by atoms with Crippen LogP contribution < -0.4 is 10.1 Å². The summed E-state index contributed by atoms with van der Waals surface area (Å²) in [5.74, 6) is 0.815. The smallest absolute Gasteiger partial charge is 0.268 e. The molecule has 0 radical (unpaired) electrons. The van der Waals surface area contributed by atoms with Crippen molar-refractivity contribution >= 4 is 16.8 Å². The highest BCUT2D eigenvalue weighted by Crippen LogP contribution is 2.29. The number of ether oxygens (including phenoxy) is 1. The average Bonchev–Trinajstić information content (AvgIpc) is 2.70. The Morgan fingerprint density at radius 2 is 1.95 bits per heavy atom. The highest BCUT2D eigenvalue weighted by molar-refractivity contribution is 6.02. The van der Waals surface area contributed by atoms with Crippen LogP contribution in [0.1, 0.15) is 50.7 Å². The van der Waals surface area contributed by atoms with E-state index in [1.165, 1.54) is 0 Å². The summed E-state index contributed by atoms with van der Waals surface area (Å²) in [6, 6.07) is 6.02. The summed E-state index contributed by atoms with van der Waals surface area (Å²) in [6.07, 6.45) is 0. The van der Waals surface area contributed by atoms with Gasteiger partial charge in [0.1, 0.15) is 11.4 Å². The summed E-state index contributed by atoms with van der Waals surface area (Å²) < 4.78 is 7.65. The van der Waals surface area contributed by atoms with Gasteiger partial charge in [0.2, 0.25) is 0 Å². The molecule has 4 nitrogen and oxygen atoms in total. The fourth-order valence-electron chi connectivity index (χ4n) is 2.78. The summed E-state index contributed by atoms with van der Waals surface area (Å²) in [7, 11) is 0. The molecule has 0 unspecified atom stereocenters. The molecule has 0 atom stereocenters. The maximum atomic E-state index is 12.7. The van der Waals surface area contributed by atoms with Gasteiger partial charge in [-0.3, -0.25) is 4.79 Å². The SMILES string of the molecule is CCOc1ccc2c(c1)c(C)c(C(=O)NC(C)(C)C)n2CC. The van der Waals surface area contributed by atoms with Gasteiger partial charge in [0.05, 0.1) is 6.61 Å². The van der Waals surface area contributed by atoms with Crippen LogP contribution in [0.15, 0.2) is 18.2 Å². The van der Waals surface area contributed by atoms with E-state index >= 15 is 0 Å². The van der Waals surface area contributed by atoms with Gasteiger partial charge >= 0.3 is 0 Å². The molecule has 1 heterocycles. The second-order valence-corrected chi connectivity index (χ2v) is 6.53. The summed E-state index contributed by atoms with van der Waals surface area (Å²) in [4.78, 5) is 12.7. The van der Waals surface area contributed by atoms with Crippen LogP contribution in [0, 0.1) is 6.92 Å². The first-order chi connectivity index (χ1) is 10.3. The molecule has 0 aliphatic heterocycles. The topological polar surface area (TPSA) is 43.3 Å². The van der Waals surface area contributed by atoms with Crippen LogP contribution in [0.4, 0.5) is 0 Å². The molecule has 2 aromatic rings. The number of nitrogens with zero attached hydrogens (tertiary/aromatic N) is 1. The summed E-state index contributed by atoms with van der Waals surface area (Å²) in [5.41, 5.74) is 2.55. The molecule has 2 rings (SSSR count). The molecular weight excluding hydrogens is 276 g/mol. The van der Waals surface area contributed by atoms with Crippen LogP contribution in [0.3, 0.4) is 0 Å². The van der Waals surface area contributed by atoms with Crippen LogP contribution in [-0.4, -0.2) is 22.6 Å². The summed E-state index contributed by atoms with van der Waals surface area (Å²) in [5, 5.41) is 4.14. The minimum atomic E-state index is -0.255. The van der Waals surface area contributed by atoms with E-state index in [1.54, 1.807) is 0 Å². The van der Waals surface area contributed by atoms with Crippen molar-refractivity contribution in [1.29, 1.82) is 0 Å². The molecule has 1 aromatic heterocycles. The lowest BCUT2D eigenvalue weighted by atomic mass is 10.1. The van der Waals surface area contributed by atoms with Crippen LogP contribution in [0.25, 0.3) is 10.9 Å². The quantitative estimate of drug-likeness (QED) is 0.931. The molecule has 0 fully saturated rings. The van der Waals surface area contributed by atoms with Gasteiger partial charge in [0.25, 0.3) is 5.91 Å². The molecule has 4 heteroatoms. The third kappa shape index (κ3) is 3.11. The monoisotopic (exact) mass is 302 g/mol. The van der Waals surface area contributed by atoms with Crippen molar-refractivity contribution in [1.82, 2.24) is 9.88 Å². The Morgan fingerprint density at radius 3 is 2.50 bits per heavy atom. The Morgan fingerprint density at radius 1 is 1.27 bits per heavy atom. The Hall–Kier alpha value is -1.97. The van der Waals surface area contributed by atoms with E-state index in [4.69, 9.17) is 4.74 Å². The minimum Gasteiger partial charge on any atom is -0.494 e. The Balaban J connectivity index is 2.58. The van der Waals surface area contributed by atoms with Crippen molar-refractivity contribution in [3.8, 4) is 5.75 Å². The van der Waals surface area contributed by atoms with Gasteiger partial charge in [0.15, 0.2) is 0 Å². The minimum absolute atomic E-state index is 0.0268. The van der Waals surface area contributed by atoms with Crippen LogP contribution in [0.2, 0.25) is 0 Å². The van der Waals surface area contributed by atoms with Crippen molar-refractivity contribution in [3.05, 3.63) is 29.5 Å². The van der Waals surface area contributed by atoms with Gasteiger partial charge in [-0.2, -0.15) is 0 Å². The Bertz CT molecular complexity index is 693. The normalized spacial score (nSPS) is 11.7. The van der Waals surface area contributed by atoms with Crippen molar-refractivity contribution in [2.45, 2.75) is 53.6 Å².